The van der Waals surface area contributed by atoms with E-state index in [-0.39, 0.29) is 18.2 Å². The van der Waals surface area contributed by atoms with Gasteiger partial charge >= 0.3 is 6.09 Å². The highest BCUT2D eigenvalue weighted by Crippen LogP contribution is 2.35. The Bertz CT molecular complexity index is 1020. The molecule has 1 unspecified atom stereocenters. The fourth-order valence-corrected chi connectivity index (χ4v) is 5.27. The summed E-state index contributed by atoms with van der Waals surface area (Å²) in [5.41, 5.74) is 1.82. The van der Waals surface area contributed by atoms with Gasteiger partial charge in [-0.1, -0.05) is 30.3 Å². The molecule has 0 aromatic heterocycles. The number of amides is 1. The van der Waals surface area contributed by atoms with E-state index in [1.807, 2.05) is 37.8 Å². The van der Waals surface area contributed by atoms with Gasteiger partial charge in [0, 0.05) is 44.5 Å². The Labute approximate surface area is 222 Å². The van der Waals surface area contributed by atoms with Gasteiger partial charge in [-0.05, 0) is 71.2 Å². The van der Waals surface area contributed by atoms with Crippen molar-refractivity contribution in [2.75, 3.05) is 45.2 Å². The topological polar surface area (TPSA) is 54.5 Å². The number of carbonyl (C=O) groups is 1. The Balaban J connectivity index is 1.51. The van der Waals surface area contributed by atoms with Crippen molar-refractivity contribution < 1.29 is 19.0 Å². The maximum absolute atomic E-state index is 13.2. The molecule has 37 heavy (non-hydrogen) atoms. The zero-order valence-corrected chi connectivity index (χ0v) is 23.1. The number of rotatable bonds is 8. The number of anilines is 1. The van der Waals surface area contributed by atoms with Crippen LogP contribution in [0.2, 0.25) is 0 Å². The molecule has 7 heteroatoms. The molecule has 1 amide bonds. The van der Waals surface area contributed by atoms with Gasteiger partial charge in [-0.2, -0.15) is 0 Å². The van der Waals surface area contributed by atoms with Crippen LogP contribution in [0.3, 0.4) is 0 Å². The fourth-order valence-electron chi connectivity index (χ4n) is 5.27. The number of methoxy groups -OCH3 is 1. The molecule has 202 valence electrons. The number of nitrogens with zero attached hydrogens (tertiary/aromatic N) is 3. The van der Waals surface area contributed by atoms with E-state index in [0.717, 1.165) is 49.7 Å². The summed E-state index contributed by atoms with van der Waals surface area (Å²) in [4.78, 5) is 19.7. The molecule has 4 rings (SSSR count). The minimum absolute atomic E-state index is 0.0152. The average Bonchev–Trinajstić information content (AvgIpc) is 3.36. The van der Waals surface area contributed by atoms with Crippen LogP contribution in [-0.2, 0) is 11.3 Å². The van der Waals surface area contributed by atoms with Gasteiger partial charge in [-0.25, -0.2) is 4.79 Å². The Kier molecular flexibility index (Phi) is 8.85. The third-order valence-corrected chi connectivity index (χ3v) is 7.04. The van der Waals surface area contributed by atoms with Crippen LogP contribution in [-0.4, -0.2) is 74.0 Å². The van der Waals surface area contributed by atoms with Crippen LogP contribution in [0, 0.1) is 0 Å². The molecule has 1 saturated heterocycles. The predicted octanol–water partition coefficient (Wildman–Crippen LogP) is 5.57. The molecule has 0 radical (unpaired) electrons. The van der Waals surface area contributed by atoms with Crippen molar-refractivity contribution in [2.24, 2.45) is 0 Å². The van der Waals surface area contributed by atoms with Crippen LogP contribution in [0.4, 0.5) is 10.5 Å². The lowest BCUT2D eigenvalue weighted by Crippen LogP contribution is -2.59. The van der Waals surface area contributed by atoms with Gasteiger partial charge in [0.2, 0.25) is 0 Å². The van der Waals surface area contributed by atoms with Crippen molar-refractivity contribution >= 4 is 11.8 Å². The molecule has 7 nitrogen and oxygen atoms in total. The average molecular weight is 510 g/mol. The van der Waals surface area contributed by atoms with Gasteiger partial charge in [-0.3, -0.25) is 4.90 Å². The fraction of sp³-hybridized carbons (Fsp3) is 0.567. The number of ether oxygens (including phenoxy) is 3. The van der Waals surface area contributed by atoms with Gasteiger partial charge in [0.15, 0.2) is 11.5 Å². The second-order valence-electron chi connectivity index (χ2n) is 11.3. The van der Waals surface area contributed by atoms with Crippen LogP contribution in [0.25, 0.3) is 0 Å². The lowest BCUT2D eigenvalue weighted by molar-refractivity contribution is 0.0105. The number of likely N-dealkylation sites (N-methyl/N-ethyl adjacent to an activating group) is 1. The molecule has 0 bridgehead atoms. The number of hydrogen-bond donors (Lipinski definition) is 0. The quantitative estimate of drug-likeness (QED) is 0.463. The molecular formula is C30H43N3O4. The predicted molar refractivity (Wildman–Crippen MR) is 148 cm³/mol. The molecule has 2 fully saturated rings. The van der Waals surface area contributed by atoms with E-state index in [1.54, 1.807) is 7.11 Å². The summed E-state index contributed by atoms with van der Waals surface area (Å²) in [6, 6.07) is 16.6. The molecule has 1 aliphatic carbocycles. The molecule has 2 aliphatic rings. The minimum Gasteiger partial charge on any atom is -0.493 e. The van der Waals surface area contributed by atoms with Gasteiger partial charge in [0.1, 0.15) is 5.60 Å². The third-order valence-electron chi connectivity index (χ3n) is 7.04. The van der Waals surface area contributed by atoms with Crippen molar-refractivity contribution in [3.63, 3.8) is 0 Å². The maximum atomic E-state index is 13.2. The normalized spacial score (nSPS) is 18.8. The van der Waals surface area contributed by atoms with Crippen LogP contribution >= 0.6 is 0 Å². The summed E-state index contributed by atoms with van der Waals surface area (Å²) in [5.74, 6) is 1.57. The number of hydrogen-bond acceptors (Lipinski definition) is 6. The number of benzene rings is 2. The Morgan fingerprint density at radius 2 is 1.76 bits per heavy atom. The molecule has 1 aliphatic heterocycles. The molecule has 1 atom stereocenters. The second kappa shape index (κ2) is 12.1. The van der Waals surface area contributed by atoms with Gasteiger partial charge in [0.05, 0.1) is 19.3 Å². The van der Waals surface area contributed by atoms with Crippen LogP contribution in [0.15, 0.2) is 48.5 Å². The van der Waals surface area contributed by atoms with E-state index < -0.39 is 5.60 Å². The first-order valence-corrected chi connectivity index (χ1v) is 13.5. The molecule has 0 spiro atoms. The monoisotopic (exact) mass is 509 g/mol. The zero-order valence-electron chi connectivity index (χ0n) is 23.1. The summed E-state index contributed by atoms with van der Waals surface area (Å²) in [7, 11) is 3.80. The van der Waals surface area contributed by atoms with Crippen molar-refractivity contribution in [3.05, 3.63) is 54.1 Å². The highest BCUT2D eigenvalue weighted by atomic mass is 16.6. The van der Waals surface area contributed by atoms with Gasteiger partial charge in [0.25, 0.3) is 0 Å². The van der Waals surface area contributed by atoms with E-state index in [1.165, 1.54) is 18.4 Å². The third kappa shape index (κ3) is 7.54. The summed E-state index contributed by atoms with van der Waals surface area (Å²) in [6.45, 7) is 9.36. The van der Waals surface area contributed by atoms with Crippen molar-refractivity contribution in [3.8, 4) is 11.5 Å². The lowest BCUT2D eigenvalue weighted by atomic mass is 10.1. The lowest BCUT2D eigenvalue weighted by Gasteiger charge is -2.44. The maximum Gasteiger partial charge on any atom is 0.410 e. The van der Waals surface area contributed by atoms with Crippen LogP contribution in [0.5, 0.6) is 11.5 Å². The smallest absolute Gasteiger partial charge is 0.410 e. The molecule has 0 N–H and O–H groups in total. The standard InChI is InChI=1S/C30H43N3O4/c1-30(2,3)37-29(34)33-18-17-32(22-25(33)21-31(4)20-23-11-7-6-8-12-23)24-15-16-27(35-5)28(19-24)36-26-13-9-10-14-26/h6-8,11-12,15-16,19,25-26H,9-10,13-14,17-18,20-22H2,1-5H3. The number of carbonyl (C=O) groups excluding carboxylic acids is 1. The molecular weight excluding hydrogens is 466 g/mol. The minimum atomic E-state index is -0.531. The molecule has 1 heterocycles. The summed E-state index contributed by atoms with van der Waals surface area (Å²) in [6.07, 6.45) is 4.64. The van der Waals surface area contributed by atoms with Gasteiger partial charge in [-0.15, -0.1) is 0 Å². The zero-order chi connectivity index (χ0) is 26.4. The van der Waals surface area contributed by atoms with Gasteiger partial charge < -0.3 is 24.0 Å². The largest absolute Gasteiger partial charge is 0.493 e. The highest BCUT2D eigenvalue weighted by Gasteiger charge is 2.34. The summed E-state index contributed by atoms with van der Waals surface area (Å²) < 4.78 is 17.7. The molecule has 2 aromatic carbocycles. The van der Waals surface area contributed by atoms with Crippen LogP contribution < -0.4 is 14.4 Å². The van der Waals surface area contributed by atoms with Crippen molar-refractivity contribution in [1.29, 1.82) is 0 Å². The Morgan fingerprint density at radius 3 is 2.43 bits per heavy atom. The second-order valence-corrected chi connectivity index (χ2v) is 11.3. The van der Waals surface area contributed by atoms with E-state index in [4.69, 9.17) is 14.2 Å². The summed E-state index contributed by atoms with van der Waals surface area (Å²) >= 11 is 0. The highest BCUT2D eigenvalue weighted by molar-refractivity contribution is 5.69. The van der Waals surface area contributed by atoms with E-state index in [2.05, 4.69) is 53.2 Å². The Morgan fingerprint density at radius 1 is 1.03 bits per heavy atom. The molecule has 1 saturated carbocycles. The Hall–Kier alpha value is -2.93. The first-order valence-electron chi connectivity index (χ1n) is 13.5. The summed E-state index contributed by atoms with van der Waals surface area (Å²) in [5, 5.41) is 0. The van der Waals surface area contributed by atoms with E-state index >= 15 is 0 Å². The first-order chi connectivity index (χ1) is 17.7. The first kappa shape index (κ1) is 27.1. The van der Waals surface area contributed by atoms with Crippen molar-refractivity contribution in [1.82, 2.24) is 9.80 Å². The number of piperazine rings is 1. The molecule has 2 aromatic rings. The SMILES string of the molecule is COc1ccc(N2CCN(C(=O)OC(C)(C)C)C(CN(C)Cc3ccccc3)C2)cc1OC1CCCC1. The van der Waals surface area contributed by atoms with Crippen molar-refractivity contribution in [2.45, 2.75) is 70.7 Å². The van der Waals surface area contributed by atoms with E-state index in [9.17, 15) is 4.79 Å². The van der Waals surface area contributed by atoms with Crippen LogP contribution in [0.1, 0.15) is 52.0 Å². The van der Waals surface area contributed by atoms with E-state index in [0.29, 0.717) is 13.1 Å².